The lowest BCUT2D eigenvalue weighted by Crippen LogP contribution is -2.22. The number of rotatable bonds is 7. The minimum absolute atomic E-state index is 0.120. The number of halogens is 2. The lowest BCUT2D eigenvalue weighted by atomic mass is 10.2. The quantitative estimate of drug-likeness (QED) is 0.154. The van der Waals surface area contributed by atoms with Gasteiger partial charge in [-0.3, -0.25) is 14.9 Å². The predicted octanol–water partition coefficient (Wildman–Crippen LogP) is 5.85. The average Bonchev–Trinajstić information content (AvgIpc) is 2.83. The predicted molar refractivity (Wildman–Crippen MR) is 138 cm³/mol. The lowest BCUT2D eigenvalue weighted by Gasteiger charge is -2.10. The number of aryl methyl sites for hydroxylation is 1. The maximum atomic E-state index is 13.0. The van der Waals surface area contributed by atoms with Crippen molar-refractivity contribution in [3.05, 3.63) is 107 Å². The molecule has 0 fully saturated rings. The number of hydrogen-bond acceptors (Lipinski definition) is 6. The zero-order chi connectivity index (χ0) is 24.2. The van der Waals surface area contributed by atoms with E-state index in [4.69, 9.17) is 4.74 Å². The second-order valence-corrected chi connectivity index (χ2v) is 9.06. The lowest BCUT2D eigenvalue weighted by molar-refractivity contribution is -0.386. The third-order valence-corrected chi connectivity index (χ3v) is 6.07. The zero-order valence-corrected chi connectivity index (χ0v) is 21.1. The molecule has 0 atom stereocenters. The Hall–Kier alpha value is -3.37. The van der Waals surface area contributed by atoms with Gasteiger partial charge in [-0.25, -0.2) is 4.98 Å². The van der Waals surface area contributed by atoms with Crippen LogP contribution in [0.3, 0.4) is 0 Å². The van der Waals surface area contributed by atoms with Gasteiger partial charge in [0.05, 0.1) is 26.5 Å². The standard InChI is InChI=1S/C24H18Br2N4O4/c1-2-22-28-20-9-8-17(25)12-18(20)24(31)29(22)27-13-16-10-19(26)23(21(11-16)30(32)33)34-14-15-6-4-3-5-7-15/h3-13H,2,14H2,1H3. The fraction of sp³-hybridized carbons (Fsp3) is 0.125. The molecule has 0 saturated heterocycles. The van der Waals surface area contributed by atoms with Crippen LogP contribution in [-0.4, -0.2) is 20.8 Å². The van der Waals surface area contributed by atoms with E-state index in [0.29, 0.717) is 33.2 Å². The molecular weight excluding hydrogens is 568 g/mol. The Morgan fingerprint density at radius 2 is 1.91 bits per heavy atom. The molecule has 8 nitrogen and oxygen atoms in total. The third kappa shape index (κ3) is 5.07. The Labute approximate surface area is 211 Å². The van der Waals surface area contributed by atoms with Gasteiger partial charge >= 0.3 is 5.69 Å². The fourth-order valence-electron chi connectivity index (χ4n) is 3.35. The summed E-state index contributed by atoms with van der Waals surface area (Å²) in [4.78, 5) is 28.8. The molecule has 172 valence electrons. The van der Waals surface area contributed by atoms with Crippen molar-refractivity contribution in [2.24, 2.45) is 5.10 Å². The summed E-state index contributed by atoms with van der Waals surface area (Å²) in [7, 11) is 0. The molecule has 0 aliphatic rings. The van der Waals surface area contributed by atoms with Crippen LogP contribution >= 0.6 is 31.9 Å². The number of benzene rings is 3. The highest BCUT2D eigenvalue weighted by Gasteiger charge is 2.20. The maximum Gasteiger partial charge on any atom is 0.312 e. The van der Waals surface area contributed by atoms with Gasteiger partial charge in [0.25, 0.3) is 5.56 Å². The topological polar surface area (TPSA) is 99.6 Å². The van der Waals surface area contributed by atoms with Gasteiger partial charge in [0.1, 0.15) is 12.4 Å². The van der Waals surface area contributed by atoms with Crippen LogP contribution in [0.2, 0.25) is 0 Å². The van der Waals surface area contributed by atoms with Gasteiger partial charge in [0.2, 0.25) is 5.75 Å². The maximum absolute atomic E-state index is 13.0. The highest BCUT2D eigenvalue weighted by atomic mass is 79.9. The first-order valence-electron chi connectivity index (χ1n) is 10.3. The monoisotopic (exact) mass is 584 g/mol. The molecular formula is C24H18Br2N4O4. The number of nitrogens with zero attached hydrogens (tertiary/aromatic N) is 4. The third-order valence-electron chi connectivity index (χ3n) is 4.98. The second-order valence-electron chi connectivity index (χ2n) is 7.29. The van der Waals surface area contributed by atoms with Gasteiger partial charge in [-0.2, -0.15) is 9.78 Å². The summed E-state index contributed by atoms with van der Waals surface area (Å²) in [5, 5.41) is 16.5. The molecule has 0 amide bonds. The van der Waals surface area contributed by atoms with Gasteiger partial charge in [-0.05, 0) is 45.8 Å². The van der Waals surface area contributed by atoms with E-state index in [1.165, 1.54) is 17.0 Å². The number of hydrogen-bond donors (Lipinski definition) is 0. The molecule has 0 saturated carbocycles. The minimum atomic E-state index is -0.513. The first kappa shape index (κ1) is 23.8. The van der Waals surface area contributed by atoms with E-state index in [1.807, 2.05) is 43.3 Å². The molecule has 1 heterocycles. The van der Waals surface area contributed by atoms with Gasteiger partial charge in [-0.15, -0.1) is 0 Å². The van der Waals surface area contributed by atoms with Crippen molar-refractivity contribution in [1.29, 1.82) is 0 Å². The van der Waals surface area contributed by atoms with Gasteiger partial charge in [0, 0.05) is 22.5 Å². The second kappa shape index (κ2) is 10.3. The van der Waals surface area contributed by atoms with E-state index in [0.717, 1.165) is 10.0 Å². The van der Waals surface area contributed by atoms with Crippen molar-refractivity contribution < 1.29 is 9.66 Å². The van der Waals surface area contributed by atoms with Gasteiger partial charge in [-0.1, -0.05) is 53.2 Å². The molecule has 4 aromatic rings. The Morgan fingerprint density at radius 1 is 1.15 bits per heavy atom. The zero-order valence-electron chi connectivity index (χ0n) is 17.9. The van der Waals surface area contributed by atoms with E-state index in [-0.39, 0.29) is 23.6 Å². The summed E-state index contributed by atoms with van der Waals surface area (Å²) in [5.74, 6) is 0.599. The minimum Gasteiger partial charge on any atom is -0.481 e. The number of ether oxygens (including phenoxy) is 1. The highest BCUT2D eigenvalue weighted by Crippen LogP contribution is 2.36. The summed E-state index contributed by atoms with van der Waals surface area (Å²) in [6.45, 7) is 2.06. The van der Waals surface area contributed by atoms with Crippen LogP contribution in [0, 0.1) is 10.1 Å². The molecule has 0 aliphatic heterocycles. The number of nitro benzene ring substituents is 1. The van der Waals surface area contributed by atoms with E-state index in [9.17, 15) is 14.9 Å². The molecule has 1 aromatic heterocycles. The molecule has 0 N–H and O–H groups in total. The number of nitro groups is 1. The van der Waals surface area contributed by atoms with Crippen molar-refractivity contribution in [3.63, 3.8) is 0 Å². The van der Waals surface area contributed by atoms with Crippen LogP contribution < -0.4 is 10.3 Å². The van der Waals surface area contributed by atoms with Crippen LogP contribution in [-0.2, 0) is 13.0 Å². The molecule has 0 radical (unpaired) electrons. The van der Waals surface area contributed by atoms with Crippen LogP contribution in [0.15, 0.2) is 79.5 Å². The molecule has 0 bridgehead atoms. The van der Waals surface area contributed by atoms with Crippen molar-refractivity contribution in [1.82, 2.24) is 9.66 Å². The Morgan fingerprint density at radius 3 is 2.62 bits per heavy atom. The van der Waals surface area contributed by atoms with Gasteiger partial charge in [0.15, 0.2) is 0 Å². The summed E-state index contributed by atoms with van der Waals surface area (Å²) < 4.78 is 8.12. The summed E-state index contributed by atoms with van der Waals surface area (Å²) in [6.07, 6.45) is 1.87. The SMILES string of the molecule is CCc1nc2ccc(Br)cc2c(=O)n1N=Cc1cc(Br)c(OCc2ccccc2)c([N+](=O)[O-])c1. The van der Waals surface area contributed by atoms with E-state index < -0.39 is 4.92 Å². The Bertz CT molecular complexity index is 1470. The first-order chi connectivity index (χ1) is 16.4. The number of fused-ring (bicyclic) bond motifs is 1. The summed E-state index contributed by atoms with van der Waals surface area (Å²) >= 11 is 6.74. The molecule has 10 heteroatoms. The van der Waals surface area contributed by atoms with Crippen molar-refractivity contribution in [3.8, 4) is 5.75 Å². The fourth-order valence-corrected chi connectivity index (χ4v) is 4.29. The van der Waals surface area contributed by atoms with E-state index in [2.05, 4.69) is 41.9 Å². The van der Waals surface area contributed by atoms with Crippen LogP contribution in [0.25, 0.3) is 10.9 Å². The highest BCUT2D eigenvalue weighted by molar-refractivity contribution is 9.10. The van der Waals surface area contributed by atoms with Crippen molar-refractivity contribution in [2.45, 2.75) is 20.0 Å². The van der Waals surface area contributed by atoms with Crippen molar-refractivity contribution >= 4 is 54.7 Å². The summed E-state index contributed by atoms with van der Waals surface area (Å²) in [5.41, 5.74) is 1.35. The largest absolute Gasteiger partial charge is 0.481 e. The molecule has 4 rings (SSSR count). The van der Waals surface area contributed by atoms with Crippen molar-refractivity contribution in [2.75, 3.05) is 0 Å². The normalized spacial score (nSPS) is 11.3. The molecule has 0 spiro atoms. The molecule has 34 heavy (non-hydrogen) atoms. The summed E-state index contributed by atoms with van der Waals surface area (Å²) in [6, 6.07) is 17.7. The first-order valence-corrected chi connectivity index (χ1v) is 11.9. The van der Waals surface area contributed by atoms with Crippen LogP contribution in [0.5, 0.6) is 5.75 Å². The smallest absolute Gasteiger partial charge is 0.312 e. The van der Waals surface area contributed by atoms with E-state index in [1.54, 1.807) is 18.2 Å². The molecule has 0 unspecified atom stereocenters. The molecule has 0 aliphatic carbocycles. The van der Waals surface area contributed by atoms with Crippen LogP contribution in [0.1, 0.15) is 23.9 Å². The van der Waals surface area contributed by atoms with Gasteiger partial charge < -0.3 is 4.74 Å². The van der Waals surface area contributed by atoms with Crippen LogP contribution in [0.4, 0.5) is 5.69 Å². The number of aromatic nitrogens is 2. The Balaban J connectivity index is 1.71. The van der Waals surface area contributed by atoms with E-state index >= 15 is 0 Å². The molecule has 3 aromatic carbocycles. The Kier molecular flexibility index (Phi) is 7.18. The average molecular weight is 586 g/mol.